The predicted octanol–water partition coefficient (Wildman–Crippen LogP) is 2.67. The lowest BCUT2D eigenvalue weighted by molar-refractivity contribution is -0.269. The van der Waals surface area contributed by atoms with Gasteiger partial charge in [-0.3, -0.25) is 9.59 Å². The third kappa shape index (κ3) is 18.5. The summed E-state index contributed by atoms with van der Waals surface area (Å²) in [6.07, 6.45) is 8.84. The van der Waals surface area contributed by atoms with E-state index in [9.17, 15) is 55.5 Å². The van der Waals surface area contributed by atoms with Crippen molar-refractivity contribution in [2.24, 2.45) is 29.4 Å². The van der Waals surface area contributed by atoms with E-state index in [0.29, 0.717) is 0 Å². The molecular weight excluding hydrogens is 831 g/mol. The summed E-state index contributed by atoms with van der Waals surface area (Å²) in [6, 6.07) is -0.658. The molecule has 64 heavy (non-hydrogen) atoms. The number of allylic oxidation sites excluding steroid dienone is 12. The minimum Gasteiger partial charge on any atom is -0.481 e. The molecule has 0 amide bonds. The lowest BCUT2D eigenvalue weighted by atomic mass is 9.84. The van der Waals surface area contributed by atoms with Crippen LogP contribution in [0.3, 0.4) is 0 Å². The van der Waals surface area contributed by atoms with Crippen LogP contribution in [0.4, 0.5) is 0 Å². The van der Waals surface area contributed by atoms with E-state index in [2.05, 4.69) is 0 Å². The molecule has 16 heteroatoms. The molecule has 0 aromatic rings. The monoisotopic (exact) mass is 906 g/mol. The predicted molar refractivity (Wildman–Crippen MR) is 239 cm³/mol. The summed E-state index contributed by atoms with van der Waals surface area (Å²) in [6.45, 7) is 8.93. The number of hydrogen-bond donors (Lipinski definition) is 10. The smallest absolute Gasteiger partial charge is 0.311 e. The zero-order valence-electron chi connectivity index (χ0n) is 37.8. The molecule has 16 nitrogen and oxygen atoms in total. The molecule has 2 fully saturated rings. The third-order valence-electron chi connectivity index (χ3n) is 12.4. The van der Waals surface area contributed by atoms with Gasteiger partial charge in [-0.1, -0.05) is 106 Å². The highest BCUT2D eigenvalue weighted by atomic mass is 16.7. The molecule has 9 unspecified atom stereocenters. The SMILES string of the molecule is CC1OC(O[C@H]2/C=C/C=C/C=C/C=C/C=C/C=C/C=C/[C@H](C)[C@@H](O)[C@@H](C)[C@H](C)OC(=O)CC(O)C[C@H](O)CC[C@@H](O)C(O)CC(O)C[C@@H]3C[C@H](O)[C@@H](C(=O)O)C(C2)O3)C(O)C(N)C1C. The summed E-state index contributed by atoms with van der Waals surface area (Å²) in [7, 11) is 0. The molecule has 3 aliphatic heterocycles. The van der Waals surface area contributed by atoms with E-state index in [-0.39, 0.29) is 62.9 Å². The van der Waals surface area contributed by atoms with Crippen molar-refractivity contribution in [2.75, 3.05) is 0 Å². The minimum atomic E-state index is -1.43. The van der Waals surface area contributed by atoms with Crippen molar-refractivity contribution in [3.63, 3.8) is 0 Å². The van der Waals surface area contributed by atoms with Crippen molar-refractivity contribution in [3.8, 4) is 0 Å². The fourth-order valence-corrected chi connectivity index (χ4v) is 8.04. The van der Waals surface area contributed by atoms with Crippen LogP contribution in [-0.4, -0.2) is 150 Å². The van der Waals surface area contributed by atoms with E-state index in [4.69, 9.17) is 24.7 Å². The highest BCUT2D eigenvalue weighted by Gasteiger charge is 2.45. The zero-order valence-corrected chi connectivity index (χ0v) is 37.8. The Kier molecular flexibility index (Phi) is 24.0. The Bertz CT molecular complexity index is 1610. The quantitative estimate of drug-likeness (QED) is 0.182. The molecule has 362 valence electrons. The molecule has 0 spiro atoms. The molecule has 0 radical (unpaired) electrons. The molecule has 2 saturated heterocycles. The van der Waals surface area contributed by atoms with Crippen molar-refractivity contribution >= 4 is 11.9 Å². The molecular formula is C48H75NO15. The summed E-state index contributed by atoms with van der Waals surface area (Å²) in [5.74, 6) is -4.23. The highest BCUT2D eigenvalue weighted by Crippen LogP contribution is 2.34. The summed E-state index contributed by atoms with van der Waals surface area (Å²) in [4.78, 5) is 25.1. The van der Waals surface area contributed by atoms with Gasteiger partial charge in [0.1, 0.15) is 18.1 Å². The van der Waals surface area contributed by atoms with Gasteiger partial charge in [0.15, 0.2) is 6.29 Å². The molecule has 11 N–H and O–H groups in total. The average molecular weight is 906 g/mol. The zero-order chi connectivity index (χ0) is 47.5. The van der Waals surface area contributed by atoms with Crippen LogP contribution in [0.5, 0.6) is 0 Å². The van der Waals surface area contributed by atoms with E-state index in [1.807, 2.05) is 75.5 Å². The fourth-order valence-electron chi connectivity index (χ4n) is 8.04. The van der Waals surface area contributed by atoms with E-state index in [0.717, 1.165) is 0 Å². The topological polar surface area (TPSA) is 279 Å². The maximum Gasteiger partial charge on any atom is 0.311 e. The van der Waals surface area contributed by atoms with Gasteiger partial charge in [-0.15, -0.1) is 0 Å². The lowest BCUT2D eigenvalue weighted by Gasteiger charge is -2.43. The first-order valence-corrected chi connectivity index (χ1v) is 22.6. The molecule has 0 aromatic heterocycles. The Balaban J connectivity index is 1.83. The van der Waals surface area contributed by atoms with Crippen molar-refractivity contribution in [2.45, 2.75) is 178 Å². The Labute approximate surface area is 377 Å². The number of carboxylic acid groups (broad SMARTS) is 1. The maximum absolute atomic E-state index is 12.6. The van der Waals surface area contributed by atoms with Gasteiger partial charge in [0.2, 0.25) is 0 Å². The molecule has 3 rings (SSSR count). The number of nitrogens with two attached hydrogens (primary N) is 1. The maximum atomic E-state index is 12.6. The van der Waals surface area contributed by atoms with Gasteiger partial charge < -0.3 is 70.6 Å². The average Bonchev–Trinajstić information content (AvgIpc) is 3.22. The van der Waals surface area contributed by atoms with Crippen LogP contribution < -0.4 is 5.73 Å². The van der Waals surface area contributed by atoms with Crippen molar-refractivity contribution in [3.05, 3.63) is 85.1 Å². The van der Waals surface area contributed by atoms with E-state index in [1.165, 1.54) is 0 Å². The van der Waals surface area contributed by atoms with E-state index >= 15 is 0 Å². The van der Waals surface area contributed by atoms with Gasteiger partial charge in [0.05, 0.1) is 73.6 Å². The van der Waals surface area contributed by atoms with Gasteiger partial charge in [-0.25, -0.2) is 0 Å². The second-order valence-corrected chi connectivity index (χ2v) is 17.7. The number of aliphatic hydroxyl groups excluding tert-OH is 8. The molecule has 0 saturated carbocycles. The second kappa shape index (κ2) is 28.0. The van der Waals surface area contributed by atoms with E-state index < -0.39 is 116 Å². The Hall–Kier alpha value is -3.36. The molecule has 0 aromatic carbocycles. The molecule has 19 atom stereocenters. The van der Waals surface area contributed by atoms with Crippen LogP contribution in [-0.2, 0) is 28.5 Å². The van der Waals surface area contributed by atoms with Crippen LogP contribution in [0.25, 0.3) is 0 Å². The fraction of sp³-hybridized carbons (Fsp3) is 0.667. The number of fused-ring (bicyclic) bond motifs is 2. The highest BCUT2D eigenvalue weighted by molar-refractivity contribution is 5.71. The number of ether oxygens (including phenoxy) is 4. The number of esters is 1. The third-order valence-corrected chi connectivity index (χ3v) is 12.4. The number of hydrogen-bond acceptors (Lipinski definition) is 15. The summed E-state index contributed by atoms with van der Waals surface area (Å²) >= 11 is 0. The van der Waals surface area contributed by atoms with Crippen LogP contribution in [0.15, 0.2) is 85.1 Å². The Morgan fingerprint density at radius 3 is 1.78 bits per heavy atom. The minimum absolute atomic E-state index is 0.0405. The molecule has 2 bridgehead atoms. The lowest BCUT2D eigenvalue weighted by Crippen LogP contribution is -2.58. The van der Waals surface area contributed by atoms with Crippen LogP contribution in [0.1, 0.15) is 86.0 Å². The van der Waals surface area contributed by atoms with Gasteiger partial charge in [-0.05, 0) is 45.4 Å². The molecule has 0 aliphatic carbocycles. The van der Waals surface area contributed by atoms with Crippen molar-refractivity contribution in [1.82, 2.24) is 0 Å². The Morgan fingerprint density at radius 2 is 1.19 bits per heavy atom. The standard InChI is InChI=1S/C48H75NO15/c1-28-18-16-14-12-10-8-6-7-9-11-13-15-17-19-36(64-48-46(58)44(49)29(2)31(4)62-48)27-41-43(47(59)60)40(55)26-37(63-41)23-35(52)24-39(54)38(53)21-20-33(50)22-34(51)25-42(56)61-32(5)30(3)45(28)57/h6-19,28-41,43-46,48,50-55,57-58H,20-27,49H2,1-5H3,(H,59,60)/b7-6+,10-8+,11-9+,14-12+,15-13+,18-16+,19-17+/t28-,29?,30-,31?,32-,33+,34?,35?,36-,37+,38+,39?,40-,41?,43+,44?,45+,46?,48?/m0/s1. The van der Waals surface area contributed by atoms with Crippen molar-refractivity contribution < 1.29 is 74.5 Å². The molecule has 3 aliphatic rings. The van der Waals surface area contributed by atoms with Gasteiger partial charge in [-0.2, -0.15) is 0 Å². The number of cyclic esters (lactones) is 1. The Morgan fingerprint density at radius 1 is 0.609 bits per heavy atom. The van der Waals surface area contributed by atoms with Crippen LogP contribution >= 0.6 is 0 Å². The number of carboxylic acids is 1. The summed E-state index contributed by atoms with van der Waals surface area (Å²) in [5.41, 5.74) is 6.28. The summed E-state index contributed by atoms with van der Waals surface area (Å²) < 4.78 is 23.9. The van der Waals surface area contributed by atoms with Crippen molar-refractivity contribution in [1.29, 1.82) is 0 Å². The second-order valence-electron chi connectivity index (χ2n) is 17.7. The normalized spacial score (nSPS) is 44.8. The first kappa shape index (κ1) is 55.0. The van der Waals surface area contributed by atoms with Crippen LogP contribution in [0.2, 0.25) is 0 Å². The van der Waals surface area contributed by atoms with Gasteiger partial charge in [0.25, 0.3) is 0 Å². The van der Waals surface area contributed by atoms with Crippen LogP contribution in [0, 0.1) is 23.7 Å². The largest absolute Gasteiger partial charge is 0.481 e. The number of aliphatic hydroxyl groups is 8. The number of aliphatic carboxylic acids is 1. The van der Waals surface area contributed by atoms with Gasteiger partial charge >= 0.3 is 11.9 Å². The number of carbonyl (C=O) groups excluding carboxylic acids is 1. The first-order valence-electron chi connectivity index (χ1n) is 22.6. The molecule has 3 heterocycles. The summed E-state index contributed by atoms with van der Waals surface area (Å²) in [5, 5.41) is 96.5. The number of rotatable bonds is 3. The first-order chi connectivity index (χ1) is 30.3. The number of carbonyl (C=O) groups is 2. The van der Waals surface area contributed by atoms with E-state index in [1.54, 1.807) is 44.2 Å². The van der Waals surface area contributed by atoms with Gasteiger partial charge in [0, 0.05) is 37.1 Å².